The molecule has 1 rings (SSSR count). The van der Waals surface area contributed by atoms with Crippen LogP contribution in [0.3, 0.4) is 0 Å². The fourth-order valence-electron chi connectivity index (χ4n) is 0.894. The number of halogens is 1. The van der Waals surface area contributed by atoms with Gasteiger partial charge in [0, 0.05) is 12.7 Å². The van der Waals surface area contributed by atoms with E-state index in [1.807, 2.05) is 19.0 Å². The van der Waals surface area contributed by atoms with Crippen molar-refractivity contribution in [2.24, 2.45) is 0 Å². The molecule has 0 bridgehead atoms. The number of rotatable bonds is 4. The first kappa shape index (κ1) is 10.2. The first-order valence-corrected chi connectivity index (χ1v) is 4.35. The molecule has 0 radical (unpaired) electrons. The van der Waals surface area contributed by atoms with Gasteiger partial charge in [-0.1, -0.05) is 0 Å². The van der Waals surface area contributed by atoms with E-state index in [0.29, 0.717) is 5.69 Å². The molecule has 5 heteroatoms. The summed E-state index contributed by atoms with van der Waals surface area (Å²) in [6, 6.07) is 1.62. The van der Waals surface area contributed by atoms with Gasteiger partial charge in [0.2, 0.25) is 0 Å². The molecular weight excluding hydrogens is 190 g/mol. The molecule has 0 saturated carbocycles. The summed E-state index contributed by atoms with van der Waals surface area (Å²) in [7, 11) is 3.97. The van der Waals surface area contributed by atoms with Crippen LogP contribution in [0, 0.1) is 0 Å². The van der Waals surface area contributed by atoms with Crippen LogP contribution in [0.2, 0.25) is 0 Å². The van der Waals surface area contributed by atoms with E-state index in [-0.39, 0.29) is 0 Å². The largest absolute Gasteiger partial charge is 0.308 e. The second kappa shape index (κ2) is 4.39. The van der Waals surface area contributed by atoms with E-state index in [4.69, 9.17) is 11.6 Å². The van der Waals surface area contributed by atoms with E-state index >= 15 is 0 Å². The van der Waals surface area contributed by atoms with Gasteiger partial charge in [-0.25, -0.2) is 0 Å². The normalized spacial score (nSPS) is 10.8. The van der Waals surface area contributed by atoms with Gasteiger partial charge in [0.25, 0.3) is 5.24 Å². The van der Waals surface area contributed by atoms with E-state index in [2.05, 4.69) is 5.10 Å². The molecular formula is C8H12ClN3O. The lowest BCUT2D eigenvalue weighted by Crippen LogP contribution is -2.18. The van der Waals surface area contributed by atoms with Crippen molar-refractivity contribution in [2.75, 3.05) is 20.6 Å². The summed E-state index contributed by atoms with van der Waals surface area (Å²) < 4.78 is 1.70. The molecule has 0 fully saturated rings. The maximum atomic E-state index is 10.7. The molecule has 0 amide bonds. The van der Waals surface area contributed by atoms with Crippen LogP contribution in [0.4, 0.5) is 0 Å². The lowest BCUT2D eigenvalue weighted by atomic mass is 10.5. The fraction of sp³-hybridized carbons (Fsp3) is 0.500. The second-order valence-corrected chi connectivity index (χ2v) is 3.38. The van der Waals surface area contributed by atoms with Crippen molar-refractivity contribution in [1.82, 2.24) is 14.7 Å². The summed E-state index contributed by atoms with van der Waals surface area (Å²) in [6.45, 7) is 1.65. The Bertz CT molecular complexity index is 295. The second-order valence-electron chi connectivity index (χ2n) is 3.04. The van der Waals surface area contributed by atoms with E-state index in [1.54, 1.807) is 16.9 Å². The summed E-state index contributed by atoms with van der Waals surface area (Å²) in [5.74, 6) is 0. The molecule has 0 aliphatic carbocycles. The Labute approximate surface area is 82.1 Å². The van der Waals surface area contributed by atoms with Crippen molar-refractivity contribution in [2.45, 2.75) is 6.54 Å². The minimum Gasteiger partial charge on any atom is -0.308 e. The number of hydrogen-bond acceptors (Lipinski definition) is 3. The van der Waals surface area contributed by atoms with Crippen molar-refractivity contribution in [3.05, 3.63) is 18.0 Å². The molecule has 1 aromatic heterocycles. The van der Waals surface area contributed by atoms with Crippen molar-refractivity contribution >= 4 is 16.8 Å². The van der Waals surface area contributed by atoms with Gasteiger partial charge in [0.1, 0.15) is 5.69 Å². The highest BCUT2D eigenvalue weighted by molar-refractivity contribution is 6.67. The van der Waals surface area contributed by atoms with Crippen molar-refractivity contribution in [3.8, 4) is 0 Å². The molecule has 0 unspecified atom stereocenters. The Hall–Kier alpha value is -0.870. The SMILES string of the molecule is CN(C)CCn1ccc(C(=O)Cl)n1. The molecule has 0 atom stereocenters. The van der Waals surface area contributed by atoms with Gasteiger partial charge in [-0.2, -0.15) is 5.10 Å². The molecule has 0 aliphatic heterocycles. The monoisotopic (exact) mass is 201 g/mol. The van der Waals surface area contributed by atoms with Crippen LogP contribution in [-0.4, -0.2) is 40.6 Å². The van der Waals surface area contributed by atoms with Gasteiger partial charge in [-0.15, -0.1) is 0 Å². The molecule has 1 heterocycles. The Kier molecular flexibility index (Phi) is 3.45. The molecule has 0 saturated heterocycles. The Balaban J connectivity index is 2.54. The first-order valence-electron chi connectivity index (χ1n) is 3.97. The van der Waals surface area contributed by atoms with Crippen LogP contribution >= 0.6 is 11.6 Å². The summed E-state index contributed by atoms with van der Waals surface area (Å²) in [5, 5.41) is 3.48. The number of nitrogens with zero attached hydrogens (tertiary/aromatic N) is 3. The lowest BCUT2D eigenvalue weighted by molar-refractivity contribution is 0.107. The van der Waals surface area contributed by atoms with E-state index in [1.165, 1.54) is 0 Å². The molecule has 4 nitrogen and oxygen atoms in total. The zero-order chi connectivity index (χ0) is 9.84. The standard InChI is InChI=1S/C8H12ClN3O/c1-11(2)5-6-12-4-3-7(10-12)8(9)13/h3-4H,5-6H2,1-2H3. The van der Waals surface area contributed by atoms with Gasteiger partial charge >= 0.3 is 0 Å². The lowest BCUT2D eigenvalue weighted by Gasteiger charge is -2.08. The topological polar surface area (TPSA) is 38.1 Å². The predicted octanol–water partition coefficient (Wildman–Crippen LogP) is 0.824. The zero-order valence-electron chi connectivity index (χ0n) is 7.70. The fourth-order valence-corrected chi connectivity index (χ4v) is 0.994. The van der Waals surface area contributed by atoms with Crippen molar-refractivity contribution in [3.63, 3.8) is 0 Å². The first-order chi connectivity index (χ1) is 6.09. The molecule has 1 aromatic rings. The van der Waals surface area contributed by atoms with E-state index in [9.17, 15) is 4.79 Å². The van der Waals surface area contributed by atoms with Crippen LogP contribution in [0.25, 0.3) is 0 Å². The number of carbonyl (C=O) groups excluding carboxylic acids is 1. The Morgan fingerprint density at radius 2 is 2.38 bits per heavy atom. The number of hydrogen-bond donors (Lipinski definition) is 0. The third kappa shape index (κ3) is 3.16. The number of carbonyl (C=O) groups is 1. The van der Waals surface area contributed by atoms with Crippen molar-refractivity contribution < 1.29 is 4.79 Å². The van der Waals surface area contributed by atoms with Gasteiger partial charge in [-0.05, 0) is 31.8 Å². The minimum atomic E-state index is -0.511. The summed E-state index contributed by atoms with van der Waals surface area (Å²) in [5.41, 5.74) is 0.306. The Morgan fingerprint density at radius 3 is 2.85 bits per heavy atom. The predicted molar refractivity (Wildman–Crippen MR) is 51.0 cm³/mol. The zero-order valence-corrected chi connectivity index (χ0v) is 8.45. The minimum absolute atomic E-state index is 0.306. The van der Waals surface area contributed by atoms with Crippen molar-refractivity contribution in [1.29, 1.82) is 0 Å². The molecule has 13 heavy (non-hydrogen) atoms. The number of likely N-dealkylation sites (N-methyl/N-ethyl adjacent to an activating group) is 1. The number of aromatic nitrogens is 2. The highest BCUT2D eigenvalue weighted by Gasteiger charge is 2.05. The van der Waals surface area contributed by atoms with Crippen LogP contribution in [0.15, 0.2) is 12.3 Å². The average Bonchev–Trinajstić information content (AvgIpc) is 2.48. The summed E-state index contributed by atoms with van der Waals surface area (Å²) in [6.07, 6.45) is 1.75. The molecule has 0 aliphatic rings. The van der Waals surface area contributed by atoms with Gasteiger partial charge in [0.05, 0.1) is 6.54 Å². The van der Waals surface area contributed by atoms with Crippen LogP contribution in [0.5, 0.6) is 0 Å². The van der Waals surface area contributed by atoms with E-state index in [0.717, 1.165) is 13.1 Å². The van der Waals surface area contributed by atoms with Crippen LogP contribution in [-0.2, 0) is 6.54 Å². The molecule has 0 spiro atoms. The third-order valence-corrected chi connectivity index (χ3v) is 1.81. The quantitative estimate of drug-likeness (QED) is 0.678. The molecule has 0 aromatic carbocycles. The maximum Gasteiger partial charge on any atom is 0.272 e. The smallest absolute Gasteiger partial charge is 0.272 e. The van der Waals surface area contributed by atoms with Gasteiger partial charge in [-0.3, -0.25) is 9.48 Å². The van der Waals surface area contributed by atoms with Crippen LogP contribution in [0.1, 0.15) is 10.5 Å². The van der Waals surface area contributed by atoms with Gasteiger partial charge < -0.3 is 4.90 Å². The van der Waals surface area contributed by atoms with Crippen LogP contribution < -0.4 is 0 Å². The molecule has 0 N–H and O–H groups in total. The third-order valence-electron chi connectivity index (χ3n) is 1.62. The summed E-state index contributed by atoms with van der Waals surface area (Å²) >= 11 is 5.25. The average molecular weight is 202 g/mol. The molecule has 72 valence electrons. The highest BCUT2D eigenvalue weighted by Crippen LogP contribution is 1.99. The van der Waals surface area contributed by atoms with Gasteiger partial charge in [0.15, 0.2) is 0 Å². The Morgan fingerprint density at radius 1 is 1.69 bits per heavy atom. The summed E-state index contributed by atoms with van der Waals surface area (Å²) in [4.78, 5) is 12.7. The highest BCUT2D eigenvalue weighted by atomic mass is 35.5. The van der Waals surface area contributed by atoms with E-state index < -0.39 is 5.24 Å². The maximum absolute atomic E-state index is 10.7.